The fourth-order valence-corrected chi connectivity index (χ4v) is 2.18. The Hall–Kier alpha value is -1.93. The molecule has 2 rings (SSSR count). The Labute approximate surface area is 114 Å². The van der Waals surface area contributed by atoms with Gasteiger partial charge in [-0.25, -0.2) is 21.9 Å². The molecular weight excluding hydrogens is 290 g/mol. The van der Waals surface area contributed by atoms with Crippen LogP contribution in [0.25, 0.3) is 0 Å². The van der Waals surface area contributed by atoms with E-state index in [-0.39, 0.29) is 17.3 Å². The second kappa shape index (κ2) is 5.59. The Morgan fingerprint density at radius 3 is 2.60 bits per heavy atom. The van der Waals surface area contributed by atoms with Crippen molar-refractivity contribution in [3.63, 3.8) is 0 Å². The van der Waals surface area contributed by atoms with Crippen LogP contribution in [0.1, 0.15) is 5.76 Å². The van der Waals surface area contributed by atoms with E-state index < -0.39 is 21.7 Å². The summed E-state index contributed by atoms with van der Waals surface area (Å²) in [6, 6.07) is 5.87. The van der Waals surface area contributed by atoms with E-state index in [1.807, 2.05) is 0 Å². The molecule has 0 bridgehead atoms. The predicted molar refractivity (Wildman–Crippen MR) is 68.6 cm³/mol. The van der Waals surface area contributed by atoms with Crippen LogP contribution in [0.3, 0.4) is 0 Å². The maximum absolute atomic E-state index is 13.4. The van der Waals surface area contributed by atoms with Crippen molar-refractivity contribution in [3.8, 4) is 0 Å². The van der Waals surface area contributed by atoms with E-state index in [9.17, 15) is 17.2 Å². The average molecular weight is 302 g/mol. The SMILES string of the molecule is CNS(=O)(=O)c1ccc(CNc2ccc(F)cc2F)o1. The summed E-state index contributed by atoms with van der Waals surface area (Å²) in [4.78, 5) is 0. The lowest BCUT2D eigenvalue weighted by atomic mass is 10.3. The molecular formula is C12H12F2N2O3S. The monoisotopic (exact) mass is 302 g/mol. The van der Waals surface area contributed by atoms with Gasteiger partial charge in [-0.15, -0.1) is 0 Å². The lowest BCUT2D eigenvalue weighted by Crippen LogP contribution is -2.17. The van der Waals surface area contributed by atoms with Crippen LogP contribution in [0.2, 0.25) is 0 Å². The molecule has 0 amide bonds. The van der Waals surface area contributed by atoms with E-state index in [4.69, 9.17) is 4.42 Å². The molecule has 2 aromatic rings. The molecule has 0 aliphatic carbocycles. The van der Waals surface area contributed by atoms with Crippen LogP contribution < -0.4 is 10.0 Å². The van der Waals surface area contributed by atoms with Gasteiger partial charge in [-0.2, -0.15) is 0 Å². The van der Waals surface area contributed by atoms with Gasteiger partial charge in [0.05, 0.1) is 12.2 Å². The summed E-state index contributed by atoms with van der Waals surface area (Å²) < 4.78 is 56.2. The number of nitrogens with one attached hydrogen (secondary N) is 2. The highest BCUT2D eigenvalue weighted by molar-refractivity contribution is 7.89. The van der Waals surface area contributed by atoms with Gasteiger partial charge < -0.3 is 9.73 Å². The number of furan rings is 1. The second-order valence-electron chi connectivity index (χ2n) is 3.91. The maximum atomic E-state index is 13.4. The molecule has 8 heteroatoms. The molecule has 0 unspecified atom stereocenters. The fourth-order valence-electron chi connectivity index (χ4n) is 1.51. The minimum atomic E-state index is -3.64. The molecule has 0 aliphatic heterocycles. The van der Waals surface area contributed by atoms with Crippen LogP contribution in [0, 0.1) is 11.6 Å². The summed E-state index contributed by atoms with van der Waals surface area (Å²) in [6.45, 7) is 0.0712. The van der Waals surface area contributed by atoms with Gasteiger partial charge in [0.25, 0.3) is 10.0 Å². The van der Waals surface area contributed by atoms with Gasteiger partial charge in [0.2, 0.25) is 5.09 Å². The van der Waals surface area contributed by atoms with E-state index >= 15 is 0 Å². The Kier molecular flexibility index (Phi) is 4.05. The first-order valence-corrected chi connectivity index (χ1v) is 7.12. The van der Waals surface area contributed by atoms with Crippen molar-refractivity contribution in [2.45, 2.75) is 11.6 Å². The van der Waals surface area contributed by atoms with Gasteiger partial charge in [0.15, 0.2) is 0 Å². The number of hydrogen-bond acceptors (Lipinski definition) is 4. The van der Waals surface area contributed by atoms with E-state index in [0.717, 1.165) is 12.1 Å². The topological polar surface area (TPSA) is 71.3 Å². The van der Waals surface area contributed by atoms with Crippen molar-refractivity contribution in [2.24, 2.45) is 0 Å². The van der Waals surface area contributed by atoms with Crippen molar-refractivity contribution in [2.75, 3.05) is 12.4 Å². The Morgan fingerprint density at radius 2 is 1.95 bits per heavy atom. The zero-order chi connectivity index (χ0) is 14.8. The van der Waals surface area contributed by atoms with Gasteiger partial charge in [-0.3, -0.25) is 0 Å². The summed E-state index contributed by atoms with van der Waals surface area (Å²) in [7, 11) is -2.37. The van der Waals surface area contributed by atoms with Gasteiger partial charge in [0.1, 0.15) is 17.4 Å². The number of benzene rings is 1. The minimum absolute atomic E-state index is 0.0712. The van der Waals surface area contributed by atoms with Crippen molar-refractivity contribution >= 4 is 15.7 Å². The molecule has 108 valence electrons. The van der Waals surface area contributed by atoms with Crippen LogP contribution in [0.4, 0.5) is 14.5 Å². The van der Waals surface area contributed by atoms with E-state index in [2.05, 4.69) is 10.0 Å². The van der Waals surface area contributed by atoms with Crippen LogP contribution >= 0.6 is 0 Å². The number of halogens is 2. The van der Waals surface area contributed by atoms with Crippen LogP contribution in [0.15, 0.2) is 39.8 Å². The summed E-state index contributed by atoms with van der Waals surface area (Å²) in [5, 5.41) is 2.46. The van der Waals surface area contributed by atoms with Crippen molar-refractivity contribution in [1.29, 1.82) is 0 Å². The molecule has 0 saturated carbocycles. The lowest BCUT2D eigenvalue weighted by molar-refractivity contribution is 0.417. The molecule has 0 aliphatic rings. The average Bonchev–Trinajstić information content (AvgIpc) is 2.87. The van der Waals surface area contributed by atoms with Gasteiger partial charge in [0, 0.05) is 6.07 Å². The molecule has 0 radical (unpaired) electrons. The zero-order valence-electron chi connectivity index (χ0n) is 10.5. The Morgan fingerprint density at radius 1 is 1.20 bits per heavy atom. The van der Waals surface area contributed by atoms with Crippen LogP contribution in [0.5, 0.6) is 0 Å². The molecule has 20 heavy (non-hydrogen) atoms. The normalized spacial score (nSPS) is 11.6. The molecule has 0 saturated heterocycles. The standard InChI is InChI=1S/C12H12F2N2O3S/c1-15-20(17,18)12-5-3-9(19-12)7-16-11-4-2-8(13)6-10(11)14/h2-6,15-16H,7H2,1H3. The van der Waals surface area contributed by atoms with Crippen molar-refractivity contribution < 1.29 is 21.6 Å². The number of hydrogen-bond donors (Lipinski definition) is 2. The molecule has 0 fully saturated rings. The van der Waals surface area contributed by atoms with Crippen molar-refractivity contribution in [1.82, 2.24) is 4.72 Å². The summed E-state index contributed by atoms with van der Waals surface area (Å²) in [5.41, 5.74) is 0.0980. The largest absolute Gasteiger partial charge is 0.446 e. The zero-order valence-corrected chi connectivity index (χ0v) is 11.3. The smallest absolute Gasteiger partial charge is 0.273 e. The van der Waals surface area contributed by atoms with Crippen LogP contribution in [-0.4, -0.2) is 15.5 Å². The van der Waals surface area contributed by atoms with Crippen LogP contribution in [-0.2, 0) is 16.6 Å². The molecule has 0 atom stereocenters. The number of rotatable bonds is 5. The summed E-state index contributed by atoms with van der Waals surface area (Å²) in [6.07, 6.45) is 0. The molecule has 2 N–H and O–H groups in total. The molecule has 1 aromatic carbocycles. The first kappa shape index (κ1) is 14.5. The Bertz CT molecular complexity index is 713. The highest BCUT2D eigenvalue weighted by Crippen LogP contribution is 2.18. The van der Waals surface area contributed by atoms with Gasteiger partial charge in [-0.05, 0) is 31.3 Å². The molecule has 5 nitrogen and oxygen atoms in total. The number of anilines is 1. The third-order valence-corrected chi connectivity index (χ3v) is 3.84. The number of sulfonamides is 1. The highest BCUT2D eigenvalue weighted by atomic mass is 32.2. The summed E-state index contributed by atoms with van der Waals surface area (Å²) >= 11 is 0. The van der Waals surface area contributed by atoms with Gasteiger partial charge >= 0.3 is 0 Å². The molecule has 1 heterocycles. The third kappa shape index (κ3) is 3.14. The molecule has 1 aromatic heterocycles. The predicted octanol–water partition coefficient (Wildman–Crippen LogP) is 2.08. The third-order valence-electron chi connectivity index (χ3n) is 2.55. The van der Waals surface area contributed by atoms with Crippen molar-refractivity contribution in [3.05, 3.63) is 47.7 Å². The lowest BCUT2D eigenvalue weighted by Gasteiger charge is -2.05. The van der Waals surface area contributed by atoms with E-state index in [0.29, 0.717) is 5.76 Å². The minimum Gasteiger partial charge on any atom is -0.446 e. The van der Waals surface area contributed by atoms with Gasteiger partial charge in [-0.1, -0.05) is 0 Å². The van der Waals surface area contributed by atoms with E-state index in [1.165, 1.54) is 25.2 Å². The second-order valence-corrected chi connectivity index (χ2v) is 5.72. The Balaban J connectivity index is 2.08. The quantitative estimate of drug-likeness (QED) is 0.887. The summed E-state index contributed by atoms with van der Waals surface area (Å²) in [5.74, 6) is -1.10. The maximum Gasteiger partial charge on any atom is 0.273 e. The van der Waals surface area contributed by atoms with E-state index in [1.54, 1.807) is 0 Å². The highest BCUT2D eigenvalue weighted by Gasteiger charge is 2.16. The fraction of sp³-hybridized carbons (Fsp3) is 0.167. The first-order chi connectivity index (χ1) is 9.42. The first-order valence-electron chi connectivity index (χ1n) is 5.63. The molecule has 0 spiro atoms.